The SMILES string of the molecule is Cc1ccc(C(=O)[C@H](C#N)C(=O)NC(C)C)c(C)c1. The van der Waals surface area contributed by atoms with Crippen molar-refractivity contribution in [1.82, 2.24) is 5.32 Å². The molecule has 0 saturated heterocycles. The fourth-order valence-corrected chi connectivity index (χ4v) is 1.85. The molecule has 0 spiro atoms. The Bertz CT molecular complexity index is 542. The van der Waals surface area contributed by atoms with Gasteiger partial charge in [0.2, 0.25) is 5.91 Å². The Balaban J connectivity index is 3.03. The monoisotopic (exact) mass is 258 g/mol. The largest absolute Gasteiger partial charge is 0.352 e. The van der Waals surface area contributed by atoms with E-state index >= 15 is 0 Å². The summed E-state index contributed by atoms with van der Waals surface area (Å²) in [6, 6.07) is 7.01. The number of carbonyl (C=O) groups excluding carboxylic acids is 2. The highest BCUT2D eigenvalue weighted by Gasteiger charge is 2.28. The standard InChI is InChI=1S/C15H18N2O2/c1-9(2)17-15(19)13(8-16)14(18)12-6-5-10(3)7-11(12)4/h5-7,9,13H,1-4H3,(H,17,19)/t13-/m0/s1. The second kappa shape index (κ2) is 6.14. The zero-order valence-electron chi connectivity index (χ0n) is 11.7. The number of aryl methyl sites for hydroxylation is 2. The number of carbonyl (C=O) groups is 2. The molecule has 19 heavy (non-hydrogen) atoms. The van der Waals surface area contributed by atoms with Gasteiger partial charge in [-0.2, -0.15) is 5.26 Å². The normalized spacial score (nSPS) is 11.8. The van der Waals surface area contributed by atoms with E-state index in [1.807, 2.05) is 13.0 Å². The van der Waals surface area contributed by atoms with Crippen molar-refractivity contribution in [3.8, 4) is 6.07 Å². The third-order valence-corrected chi connectivity index (χ3v) is 2.73. The Labute approximate surface area is 113 Å². The third kappa shape index (κ3) is 3.65. The minimum Gasteiger partial charge on any atom is -0.352 e. The molecule has 4 heteroatoms. The molecule has 0 heterocycles. The molecule has 100 valence electrons. The van der Waals surface area contributed by atoms with E-state index in [2.05, 4.69) is 5.32 Å². The Morgan fingerprint density at radius 1 is 1.26 bits per heavy atom. The molecule has 0 aliphatic heterocycles. The predicted molar refractivity (Wildman–Crippen MR) is 72.6 cm³/mol. The number of hydrogen-bond donors (Lipinski definition) is 1. The van der Waals surface area contributed by atoms with Gasteiger partial charge in [0, 0.05) is 11.6 Å². The van der Waals surface area contributed by atoms with Gasteiger partial charge >= 0.3 is 0 Å². The lowest BCUT2D eigenvalue weighted by molar-refractivity contribution is -0.122. The van der Waals surface area contributed by atoms with Gasteiger partial charge in [-0.3, -0.25) is 9.59 Å². The predicted octanol–water partition coefficient (Wildman–Crippen LogP) is 2.15. The maximum Gasteiger partial charge on any atom is 0.245 e. The summed E-state index contributed by atoms with van der Waals surface area (Å²) in [5, 5.41) is 11.6. The molecule has 0 unspecified atom stereocenters. The first kappa shape index (κ1) is 14.9. The number of ketones is 1. The fourth-order valence-electron chi connectivity index (χ4n) is 1.85. The van der Waals surface area contributed by atoms with Crippen LogP contribution in [0.25, 0.3) is 0 Å². The number of Topliss-reactive ketones (excluding diaryl/α,β-unsaturated/α-hetero) is 1. The molecule has 0 saturated carbocycles. The molecule has 1 amide bonds. The molecular formula is C15H18N2O2. The summed E-state index contributed by atoms with van der Waals surface area (Å²) in [5.74, 6) is -2.27. The number of benzene rings is 1. The van der Waals surface area contributed by atoms with Crippen LogP contribution in [0.3, 0.4) is 0 Å². The molecule has 0 fully saturated rings. The Kier molecular flexibility index (Phi) is 4.82. The zero-order valence-corrected chi connectivity index (χ0v) is 11.7. The van der Waals surface area contributed by atoms with Gasteiger partial charge in [0.15, 0.2) is 11.7 Å². The van der Waals surface area contributed by atoms with Crippen LogP contribution < -0.4 is 5.32 Å². The lowest BCUT2D eigenvalue weighted by atomic mass is 9.93. The molecule has 1 aromatic rings. The second-order valence-corrected chi connectivity index (χ2v) is 4.91. The van der Waals surface area contributed by atoms with Crippen LogP contribution in [0.2, 0.25) is 0 Å². The number of rotatable bonds is 4. The van der Waals surface area contributed by atoms with Crippen molar-refractivity contribution >= 4 is 11.7 Å². The summed E-state index contributed by atoms with van der Waals surface area (Å²) in [4.78, 5) is 24.1. The van der Waals surface area contributed by atoms with Crippen molar-refractivity contribution in [2.24, 2.45) is 5.92 Å². The van der Waals surface area contributed by atoms with Crippen LogP contribution >= 0.6 is 0 Å². The third-order valence-electron chi connectivity index (χ3n) is 2.73. The zero-order chi connectivity index (χ0) is 14.6. The quantitative estimate of drug-likeness (QED) is 0.664. The molecule has 0 radical (unpaired) electrons. The summed E-state index contributed by atoms with van der Waals surface area (Å²) in [6.45, 7) is 7.30. The highest BCUT2D eigenvalue weighted by Crippen LogP contribution is 2.15. The molecule has 4 nitrogen and oxygen atoms in total. The molecule has 0 bridgehead atoms. The van der Waals surface area contributed by atoms with Gasteiger partial charge in [-0.05, 0) is 33.3 Å². The van der Waals surface area contributed by atoms with Gasteiger partial charge in [0.1, 0.15) is 0 Å². The minimum atomic E-state index is -1.29. The second-order valence-electron chi connectivity index (χ2n) is 4.91. The first-order valence-corrected chi connectivity index (χ1v) is 6.18. The van der Waals surface area contributed by atoms with E-state index in [-0.39, 0.29) is 6.04 Å². The van der Waals surface area contributed by atoms with Crippen molar-refractivity contribution in [3.05, 3.63) is 34.9 Å². The van der Waals surface area contributed by atoms with E-state index in [1.165, 1.54) is 0 Å². The van der Waals surface area contributed by atoms with E-state index in [4.69, 9.17) is 5.26 Å². The van der Waals surface area contributed by atoms with Crippen LogP contribution in [0.5, 0.6) is 0 Å². The first-order chi connectivity index (χ1) is 8.86. The van der Waals surface area contributed by atoms with E-state index in [9.17, 15) is 9.59 Å². The maximum atomic E-state index is 12.2. The Morgan fingerprint density at radius 3 is 2.37 bits per heavy atom. The molecule has 0 aliphatic rings. The van der Waals surface area contributed by atoms with Gasteiger partial charge in [0.05, 0.1) is 6.07 Å². The minimum absolute atomic E-state index is 0.102. The molecule has 0 aliphatic carbocycles. The fraction of sp³-hybridized carbons (Fsp3) is 0.400. The first-order valence-electron chi connectivity index (χ1n) is 6.18. The van der Waals surface area contributed by atoms with Gasteiger partial charge < -0.3 is 5.32 Å². The van der Waals surface area contributed by atoms with E-state index < -0.39 is 17.6 Å². The Hall–Kier alpha value is -2.15. The summed E-state index contributed by atoms with van der Waals surface area (Å²) in [6.07, 6.45) is 0. The van der Waals surface area contributed by atoms with Gasteiger partial charge in [0.25, 0.3) is 0 Å². The number of amides is 1. The van der Waals surface area contributed by atoms with Gasteiger partial charge in [-0.1, -0.05) is 23.8 Å². The molecule has 0 aromatic heterocycles. The summed E-state index contributed by atoms with van der Waals surface area (Å²) < 4.78 is 0. The van der Waals surface area contributed by atoms with Gasteiger partial charge in [-0.15, -0.1) is 0 Å². The number of nitrogens with zero attached hydrogens (tertiary/aromatic N) is 1. The van der Waals surface area contributed by atoms with E-state index in [0.717, 1.165) is 11.1 Å². The topological polar surface area (TPSA) is 70.0 Å². The Morgan fingerprint density at radius 2 is 1.89 bits per heavy atom. The molecule has 1 aromatic carbocycles. The van der Waals surface area contributed by atoms with Gasteiger partial charge in [-0.25, -0.2) is 0 Å². The van der Waals surface area contributed by atoms with Crippen LogP contribution in [-0.4, -0.2) is 17.7 Å². The average Bonchev–Trinajstić information content (AvgIpc) is 2.28. The molecule has 1 atom stereocenters. The van der Waals surface area contributed by atoms with Crippen LogP contribution in [0, 0.1) is 31.1 Å². The van der Waals surface area contributed by atoms with Crippen LogP contribution in [0.1, 0.15) is 35.3 Å². The van der Waals surface area contributed by atoms with Crippen LogP contribution in [-0.2, 0) is 4.79 Å². The number of nitriles is 1. The smallest absolute Gasteiger partial charge is 0.245 e. The molecule has 1 rings (SSSR count). The summed E-state index contributed by atoms with van der Waals surface area (Å²) in [5.41, 5.74) is 2.24. The highest BCUT2D eigenvalue weighted by atomic mass is 16.2. The van der Waals surface area contributed by atoms with Crippen molar-refractivity contribution < 1.29 is 9.59 Å². The number of hydrogen-bond acceptors (Lipinski definition) is 3. The van der Waals surface area contributed by atoms with E-state index in [1.54, 1.807) is 39.0 Å². The molecule has 1 N–H and O–H groups in total. The lowest BCUT2D eigenvalue weighted by Crippen LogP contribution is -2.38. The molecular weight excluding hydrogens is 240 g/mol. The van der Waals surface area contributed by atoms with Crippen LogP contribution in [0.15, 0.2) is 18.2 Å². The van der Waals surface area contributed by atoms with Crippen molar-refractivity contribution in [3.63, 3.8) is 0 Å². The van der Waals surface area contributed by atoms with Crippen LogP contribution in [0.4, 0.5) is 0 Å². The van der Waals surface area contributed by atoms with E-state index in [0.29, 0.717) is 5.56 Å². The number of nitrogens with one attached hydrogen (secondary N) is 1. The highest BCUT2D eigenvalue weighted by molar-refractivity contribution is 6.12. The van der Waals surface area contributed by atoms with Crippen molar-refractivity contribution in [2.75, 3.05) is 0 Å². The van der Waals surface area contributed by atoms with Crippen molar-refractivity contribution in [2.45, 2.75) is 33.7 Å². The lowest BCUT2D eigenvalue weighted by Gasteiger charge is -2.13. The summed E-state index contributed by atoms with van der Waals surface area (Å²) >= 11 is 0. The van der Waals surface area contributed by atoms with Crippen molar-refractivity contribution in [1.29, 1.82) is 5.26 Å². The average molecular weight is 258 g/mol. The maximum absolute atomic E-state index is 12.2. The summed E-state index contributed by atoms with van der Waals surface area (Å²) in [7, 11) is 0.